The molecular weight excluding hydrogens is 84.0 g/mol. The summed E-state index contributed by atoms with van der Waals surface area (Å²) in [4.78, 5) is 19.1. The van der Waals surface area contributed by atoms with Crippen molar-refractivity contribution in [3.05, 3.63) is 0 Å². The lowest BCUT2D eigenvalue weighted by Crippen LogP contribution is -1.84. The van der Waals surface area contributed by atoms with Crippen LogP contribution in [-0.2, 0) is 14.3 Å². The van der Waals surface area contributed by atoms with Crippen LogP contribution in [0.4, 0.5) is 0 Å². The number of rotatable bonds is 1. The van der Waals surface area contributed by atoms with E-state index < -0.39 is 12.1 Å². The van der Waals surface area contributed by atoms with Gasteiger partial charge >= 0.3 is 5.97 Å². The summed E-state index contributed by atoms with van der Waals surface area (Å²) in [5.41, 5.74) is 0. The van der Waals surface area contributed by atoms with E-state index in [1.54, 1.807) is 0 Å². The number of aldehydes is 1. The Morgan fingerprint density at radius 3 is 2.33 bits per heavy atom. The molecule has 1 aliphatic heterocycles. The van der Waals surface area contributed by atoms with E-state index in [1.807, 2.05) is 0 Å². The van der Waals surface area contributed by atoms with Gasteiger partial charge in [-0.3, -0.25) is 4.79 Å². The normalized spacial score (nSPS) is 28.7. The first-order valence-corrected chi connectivity index (χ1v) is 1.50. The average molecular weight is 86.0 g/mol. The fourth-order valence-corrected chi connectivity index (χ4v) is 0.174. The largest absolute Gasteiger partial charge is 0.439 e. The van der Waals surface area contributed by atoms with Crippen molar-refractivity contribution in [3.8, 4) is 0 Å². The lowest BCUT2D eigenvalue weighted by molar-refractivity contribution is -0.117. The lowest BCUT2D eigenvalue weighted by atomic mass is 10.5. The minimum absolute atomic E-state index is 0.412. The van der Waals surface area contributed by atoms with Crippen molar-refractivity contribution < 1.29 is 14.3 Å². The van der Waals surface area contributed by atoms with Crippen LogP contribution in [0.5, 0.6) is 0 Å². The second-order valence-corrected chi connectivity index (χ2v) is 0.994. The fraction of sp³-hybridized carbons (Fsp3) is 0.333. The fourth-order valence-electron chi connectivity index (χ4n) is 0.174. The third-order valence-electron chi connectivity index (χ3n) is 0.542. The van der Waals surface area contributed by atoms with E-state index in [2.05, 4.69) is 4.74 Å². The van der Waals surface area contributed by atoms with Crippen LogP contribution in [0.2, 0.25) is 0 Å². The van der Waals surface area contributed by atoms with Gasteiger partial charge in [-0.25, -0.2) is 4.79 Å². The maximum absolute atomic E-state index is 9.66. The van der Waals surface area contributed by atoms with Gasteiger partial charge in [0, 0.05) is 0 Å². The van der Waals surface area contributed by atoms with Gasteiger partial charge in [0.25, 0.3) is 6.10 Å². The molecule has 32 valence electrons. The first kappa shape index (κ1) is 3.33. The number of hydrogen-bond acceptors (Lipinski definition) is 3. The van der Waals surface area contributed by atoms with Crippen molar-refractivity contribution in [2.24, 2.45) is 0 Å². The molecule has 0 spiro atoms. The Balaban J connectivity index is 2.44. The zero-order chi connectivity index (χ0) is 4.57. The van der Waals surface area contributed by atoms with Crippen molar-refractivity contribution >= 4 is 12.3 Å². The number of ether oxygens (including phenoxy) is 1. The molecule has 1 fully saturated rings. The zero-order valence-corrected chi connectivity index (χ0v) is 2.88. The molecule has 0 bridgehead atoms. The number of carbonyl (C=O) groups excluding carboxylic acids is 2. The van der Waals surface area contributed by atoms with Crippen LogP contribution < -0.4 is 0 Å². The maximum atomic E-state index is 9.66. The minimum Gasteiger partial charge on any atom is -0.439 e. The second kappa shape index (κ2) is 0.801. The minimum atomic E-state index is -0.718. The average Bonchev–Trinajstić information content (AvgIpc) is 2.19. The summed E-state index contributed by atoms with van der Waals surface area (Å²) in [5, 5.41) is 0. The molecular formula is C3H2O3. The van der Waals surface area contributed by atoms with Gasteiger partial charge in [0.15, 0.2) is 6.29 Å². The third-order valence-corrected chi connectivity index (χ3v) is 0.542. The molecule has 1 rings (SSSR count). The Kier molecular flexibility index (Phi) is 0.445. The van der Waals surface area contributed by atoms with Gasteiger partial charge in [-0.05, 0) is 0 Å². The third kappa shape index (κ3) is 0.282. The molecule has 0 amide bonds. The summed E-state index contributed by atoms with van der Waals surface area (Å²) in [6.45, 7) is 0. The predicted octanol–water partition coefficient (Wildman–Crippen LogP) is -0.889. The van der Waals surface area contributed by atoms with Crippen LogP contribution in [0.1, 0.15) is 0 Å². The number of carbonyl (C=O) groups is 2. The van der Waals surface area contributed by atoms with E-state index in [9.17, 15) is 9.59 Å². The van der Waals surface area contributed by atoms with Crippen molar-refractivity contribution in [2.75, 3.05) is 0 Å². The van der Waals surface area contributed by atoms with Gasteiger partial charge in [-0.2, -0.15) is 0 Å². The highest BCUT2D eigenvalue weighted by molar-refractivity contribution is 6.02. The SMILES string of the molecule is O=CC1OC1=O. The molecule has 1 heterocycles. The molecule has 0 saturated carbocycles. The van der Waals surface area contributed by atoms with Gasteiger partial charge in [0.05, 0.1) is 0 Å². The van der Waals surface area contributed by atoms with E-state index in [0.717, 1.165) is 0 Å². The summed E-state index contributed by atoms with van der Waals surface area (Å²) >= 11 is 0. The molecule has 3 nitrogen and oxygen atoms in total. The molecule has 1 saturated heterocycles. The van der Waals surface area contributed by atoms with Crippen LogP contribution in [0.15, 0.2) is 0 Å². The van der Waals surface area contributed by atoms with Crippen molar-refractivity contribution in [1.29, 1.82) is 0 Å². The summed E-state index contributed by atoms with van der Waals surface area (Å²) in [6.07, 6.45) is -0.243. The molecule has 0 aromatic heterocycles. The van der Waals surface area contributed by atoms with Crippen LogP contribution >= 0.6 is 0 Å². The number of hydrogen-bond donors (Lipinski definition) is 0. The van der Waals surface area contributed by atoms with Crippen LogP contribution in [0.25, 0.3) is 0 Å². The predicted molar refractivity (Wildman–Crippen MR) is 15.9 cm³/mol. The standard InChI is InChI=1S/C3H2O3/c4-1-2-3(5)6-2/h1-2H. The monoisotopic (exact) mass is 86.0 g/mol. The van der Waals surface area contributed by atoms with Gasteiger partial charge < -0.3 is 4.74 Å². The summed E-state index contributed by atoms with van der Waals surface area (Å²) in [7, 11) is 0. The van der Waals surface area contributed by atoms with Gasteiger partial charge in [0.1, 0.15) is 0 Å². The second-order valence-electron chi connectivity index (χ2n) is 0.994. The first-order valence-electron chi connectivity index (χ1n) is 1.50. The van der Waals surface area contributed by atoms with Crippen molar-refractivity contribution in [1.82, 2.24) is 0 Å². The van der Waals surface area contributed by atoms with Gasteiger partial charge in [-0.15, -0.1) is 0 Å². The van der Waals surface area contributed by atoms with Crippen molar-refractivity contribution in [3.63, 3.8) is 0 Å². The summed E-state index contributed by atoms with van der Waals surface area (Å²) < 4.78 is 4.06. The maximum Gasteiger partial charge on any atom is 0.356 e. The van der Waals surface area contributed by atoms with E-state index in [-0.39, 0.29) is 0 Å². The molecule has 1 aliphatic rings. The molecule has 0 N–H and O–H groups in total. The van der Waals surface area contributed by atoms with Gasteiger partial charge in [-0.1, -0.05) is 0 Å². The highest BCUT2D eigenvalue weighted by Gasteiger charge is 2.37. The van der Waals surface area contributed by atoms with Crippen LogP contribution in [-0.4, -0.2) is 18.4 Å². The van der Waals surface area contributed by atoms with E-state index in [1.165, 1.54) is 0 Å². The Morgan fingerprint density at radius 1 is 1.83 bits per heavy atom. The molecule has 6 heavy (non-hydrogen) atoms. The highest BCUT2D eigenvalue weighted by Crippen LogP contribution is 2.06. The van der Waals surface area contributed by atoms with E-state index in [4.69, 9.17) is 0 Å². The summed E-state index contributed by atoms with van der Waals surface area (Å²) in [5.74, 6) is -0.412. The molecule has 1 unspecified atom stereocenters. The molecule has 0 aliphatic carbocycles. The Labute approximate surface area is 33.9 Å². The topological polar surface area (TPSA) is 46.7 Å². The van der Waals surface area contributed by atoms with Crippen LogP contribution in [0.3, 0.4) is 0 Å². The van der Waals surface area contributed by atoms with E-state index in [0.29, 0.717) is 6.29 Å². The lowest BCUT2D eigenvalue weighted by Gasteiger charge is -1.50. The smallest absolute Gasteiger partial charge is 0.356 e. The molecule has 0 aromatic rings. The Bertz CT molecular complexity index is 96.2. The zero-order valence-electron chi connectivity index (χ0n) is 2.88. The van der Waals surface area contributed by atoms with Crippen molar-refractivity contribution in [2.45, 2.75) is 6.10 Å². The summed E-state index contributed by atoms with van der Waals surface area (Å²) in [6, 6.07) is 0. The first-order chi connectivity index (χ1) is 2.84. The molecule has 1 atom stereocenters. The molecule has 0 aromatic carbocycles. The number of cyclic esters (lactones) is 1. The Morgan fingerprint density at radius 2 is 2.33 bits per heavy atom. The quantitative estimate of drug-likeness (QED) is 0.236. The van der Waals surface area contributed by atoms with Gasteiger partial charge in [0.2, 0.25) is 0 Å². The molecule has 0 radical (unpaired) electrons. The number of epoxide rings is 1. The van der Waals surface area contributed by atoms with E-state index >= 15 is 0 Å². The molecule has 3 heteroatoms. The van der Waals surface area contributed by atoms with Crippen LogP contribution in [0, 0.1) is 0 Å². The highest BCUT2D eigenvalue weighted by atomic mass is 16.6. The Hall–Kier alpha value is -0.860.